The van der Waals surface area contributed by atoms with Gasteiger partial charge in [0.05, 0.1) is 64.0 Å². The number of unbranched alkanes of at least 4 members (excludes halogenated alkanes) is 10. The minimum atomic E-state index is -2.98. The Kier molecular flexibility index (Phi) is 34.1. The van der Waals surface area contributed by atoms with Crippen LogP contribution < -0.4 is 18.9 Å². The minimum Gasteiger partial charge on any atom is -0.494 e. The molecule has 18 heteroatoms. The van der Waals surface area contributed by atoms with Crippen LogP contribution in [0, 0.1) is 10.8 Å². The van der Waals surface area contributed by atoms with Crippen molar-refractivity contribution in [2.24, 2.45) is 10.8 Å². The predicted molar refractivity (Wildman–Crippen MR) is 357 cm³/mol. The normalized spacial score (nSPS) is 14.4. The van der Waals surface area contributed by atoms with E-state index in [1.165, 1.54) is 25.7 Å². The molecule has 4 aromatic rings. The summed E-state index contributed by atoms with van der Waals surface area (Å²) in [5.41, 5.74) is 4.79. The number of carbonyl (C=O) groups is 2. The second-order valence-corrected chi connectivity index (χ2v) is 29.3. The van der Waals surface area contributed by atoms with Gasteiger partial charge in [0.15, 0.2) is 0 Å². The van der Waals surface area contributed by atoms with Crippen LogP contribution in [0.5, 0.6) is 23.0 Å². The van der Waals surface area contributed by atoms with Gasteiger partial charge < -0.3 is 64.5 Å². The van der Waals surface area contributed by atoms with Gasteiger partial charge >= 0.3 is 29.5 Å². The van der Waals surface area contributed by atoms with Gasteiger partial charge in [-0.2, -0.15) is 0 Å². The van der Waals surface area contributed by atoms with Crippen molar-refractivity contribution in [1.82, 2.24) is 0 Å². The highest BCUT2D eigenvalue weighted by atomic mass is 28.4. The highest BCUT2D eigenvalue weighted by molar-refractivity contribution is 6.61. The number of carbonyl (C=O) groups excluding carboxylic acids is 2. The molecule has 0 aliphatic carbocycles. The first-order valence-corrected chi connectivity index (χ1v) is 38.1. The van der Waals surface area contributed by atoms with Crippen LogP contribution >= 0.6 is 0 Å². The van der Waals surface area contributed by atoms with E-state index < -0.39 is 29.5 Å². The van der Waals surface area contributed by atoms with Crippen molar-refractivity contribution >= 4 is 29.5 Å². The molecular formula is C72H110O16Si2. The fourth-order valence-corrected chi connectivity index (χ4v) is 16.6. The fourth-order valence-electron chi connectivity index (χ4n) is 11.3. The monoisotopic (exact) mass is 1290 g/mol. The molecular weight excluding hydrogens is 1180 g/mol. The van der Waals surface area contributed by atoms with Gasteiger partial charge in [0.2, 0.25) is 0 Å². The highest BCUT2D eigenvalue weighted by Crippen LogP contribution is 2.36. The smallest absolute Gasteiger partial charge is 0.494 e. The summed E-state index contributed by atoms with van der Waals surface area (Å²) in [6.07, 6.45) is 17.9. The van der Waals surface area contributed by atoms with Gasteiger partial charge in [-0.15, -0.1) is 0 Å². The van der Waals surface area contributed by atoms with Crippen LogP contribution in [-0.4, -0.2) is 135 Å². The molecule has 2 aliphatic heterocycles. The predicted octanol–water partition coefficient (Wildman–Crippen LogP) is 16.1. The Morgan fingerprint density at radius 1 is 0.400 bits per heavy atom. The fraction of sp³-hybridized carbons (Fsp3) is 0.639. The standard InChI is InChI=1S/C72H110O16Si2/c1-9-71(55-77-56-71)53-75-45-25-21-17-19-23-27-47-79-65-39-33-59(34-40-65)69(73)87-67-43-37-61(51-63(67)31-29-49-89(81-11-3,82-12-4)83-13-5)62-38-44-68(64(52-62)32-30-50-90(84-14-6,85-15-7)86-16-8)88-70(74)60-35-41-66(42-36-60)80-48-28-24-20-18-22-26-46-76-54-72(10-2)57-78-58-72/h33-44,51-52H,9-32,45-50,53-58H2,1-8H3. The summed E-state index contributed by atoms with van der Waals surface area (Å²) in [5.74, 6) is 1.39. The van der Waals surface area contributed by atoms with Crippen LogP contribution in [0.2, 0.25) is 12.1 Å². The van der Waals surface area contributed by atoms with Crippen LogP contribution in [0.3, 0.4) is 0 Å². The number of ether oxygens (including phenoxy) is 8. The molecule has 4 aromatic carbocycles. The number of aryl methyl sites for hydroxylation is 2. The van der Waals surface area contributed by atoms with E-state index in [9.17, 15) is 9.59 Å². The van der Waals surface area contributed by atoms with Gasteiger partial charge in [0.25, 0.3) is 0 Å². The Bertz CT molecular complexity index is 2400. The summed E-state index contributed by atoms with van der Waals surface area (Å²) in [5, 5.41) is 0. The lowest BCUT2D eigenvalue weighted by Gasteiger charge is -2.40. The van der Waals surface area contributed by atoms with Crippen molar-refractivity contribution in [3.05, 3.63) is 107 Å². The third kappa shape index (κ3) is 24.7. The van der Waals surface area contributed by atoms with E-state index in [1.54, 1.807) is 24.3 Å². The van der Waals surface area contributed by atoms with Crippen LogP contribution in [0.1, 0.15) is 190 Å². The van der Waals surface area contributed by atoms with Crippen LogP contribution in [-0.2, 0) is 58.3 Å². The summed E-state index contributed by atoms with van der Waals surface area (Å²) in [7, 11) is -5.97. The maximum Gasteiger partial charge on any atom is 0.500 e. The van der Waals surface area contributed by atoms with E-state index in [-0.39, 0.29) is 10.8 Å². The molecule has 2 fully saturated rings. The second-order valence-electron chi connectivity index (χ2n) is 23.9. The number of hydrogen-bond acceptors (Lipinski definition) is 16. The Hall–Kier alpha value is -4.55. The molecule has 0 unspecified atom stereocenters. The molecule has 16 nitrogen and oxygen atoms in total. The van der Waals surface area contributed by atoms with Crippen LogP contribution in [0.15, 0.2) is 84.9 Å². The first-order chi connectivity index (χ1) is 43.9. The maximum atomic E-state index is 14.0. The maximum absolute atomic E-state index is 14.0. The quantitative estimate of drug-likeness (QED) is 0.0177. The average Bonchev–Trinajstić information content (AvgIpc) is 1.40. The Morgan fingerprint density at radius 3 is 1.02 bits per heavy atom. The molecule has 0 saturated carbocycles. The molecule has 0 bridgehead atoms. The van der Waals surface area contributed by atoms with Crippen molar-refractivity contribution in [2.45, 2.75) is 183 Å². The van der Waals surface area contributed by atoms with Crippen LogP contribution in [0.4, 0.5) is 0 Å². The third-order valence-electron chi connectivity index (χ3n) is 16.9. The molecule has 90 heavy (non-hydrogen) atoms. The van der Waals surface area contributed by atoms with Gasteiger partial charge in [-0.05, 0) is 201 Å². The molecule has 0 N–H and O–H groups in total. The summed E-state index contributed by atoms with van der Waals surface area (Å²) >= 11 is 0. The third-order valence-corrected chi connectivity index (χ3v) is 23.2. The summed E-state index contributed by atoms with van der Waals surface area (Å²) in [6, 6.07) is 27.3. The van der Waals surface area contributed by atoms with Gasteiger partial charge in [-0.1, -0.05) is 77.3 Å². The lowest BCUT2D eigenvalue weighted by atomic mass is 9.84. The van der Waals surface area contributed by atoms with Crippen molar-refractivity contribution in [3.63, 3.8) is 0 Å². The first-order valence-electron chi connectivity index (χ1n) is 34.2. The largest absolute Gasteiger partial charge is 0.500 e. The Morgan fingerprint density at radius 2 is 0.722 bits per heavy atom. The summed E-state index contributed by atoms with van der Waals surface area (Å²) < 4.78 is 84.8. The minimum absolute atomic E-state index is 0.245. The van der Waals surface area contributed by atoms with E-state index in [1.807, 2.05) is 90.1 Å². The SMILES string of the molecule is CCO[Si](CCCc1cc(-c2ccc(OC(=O)c3ccc(OCCCCCCCCOCC4(CC)COC4)cc3)c(CCC[Si](OCC)(OCC)OCC)c2)ccc1OC(=O)c1ccc(OCCCCCCCCOCC2(CC)COC2)cc1)(OCC)OCC. The molecule has 0 radical (unpaired) electrons. The van der Waals surface area contributed by atoms with Crippen molar-refractivity contribution in [3.8, 4) is 34.1 Å². The Labute approximate surface area is 542 Å². The summed E-state index contributed by atoms with van der Waals surface area (Å²) in [4.78, 5) is 27.9. The van der Waals surface area contributed by atoms with Gasteiger partial charge in [-0.25, -0.2) is 9.59 Å². The zero-order valence-electron chi connectivity index (χ0n) is 56.1. The van der Waals surface area contributed by atoms with Gasteiger partial charge in [-0.3, -0.25) is 0 Å². The average molecular weight is 1290 g/mol. The number of hydrogen-bond donors (Lipinski definition) is 0. The highest BCUT2D eigenvalue weighted by Gasteiger charge is 2.41. The number of rotatable bonds is 51. The Balaban J connectivity index is 1.09. The molecule has 0 atom stereocenters. The topological polar surface area (TPSA) is 163 Å². The van der Waals surface area contributed by atoms with E-state index in [2.05, 4.69) is 26.0 Å². The van der Waals surface area contributed by atoms with E-state index in [0.29, 0.717) is 125 Å². The van der Waals surface area contributed by atoms with Crippen molar-refractivity contribution in [2.75, 3.05) is 106 Å². The molecule has 0 aromatic heterocycles. The molecule has 2 heterocycles. The first kappa shape index (κ1) is 74.5. The molecule has 6 rings (SSSR count). The number of esters is 2. The molecule has 2 saturated heterocycles. The van der Waals surface area contributed by atoms with E-state index in [0.717, 1.165) is 139 Å². The van der Waals surface area contributed by atoms with Crippen LogP contribution in [0.25, 0.3) is 11.1 Å². The molecule has 0 amide bonds. The zero-order valence-corrected chi connectivity index (χ0v) is 58.1. The molecule has 502 valence electrons. The van der Waals surface area contributed by atoms with Crippen molar-refractivity contribution in [1.29, 1.82) is 0 Å². The van der Waals surface area contributed by atoms with Gasteiger partial charge in [0.1, 0.15) is 23.0 Å². The van der Waals surface area contributed by atoms with Crippen molar-refractivity contribution < 1.29 is 74.0 Å². The number of benzene rings is 4. The lowest BCUT2D eigenvalue weighted by Crippen LogP contribution is -2.46. The van der Waals surface area contributed by atoms with Gasteiger partial charge in [0, 0.05) is 75.8 Å². The lowest BCUT2D eigenvalue weighted by molar-refractivity contribution is -0.150. The summed E-state index contributed by atoms with van der Waals surface area (Å²) in [6.45, 7) is 26.7. The zero-order chi connectivity index (χ0) is 64.2. The second kappa shape index (κ2) is 41.2. The molecule has 0 spiro atoms. The van der Waals surface area contributed by atoms with E-state index in [4.69, 9.17) is 64.5 Å². The van der Waals surface area contributed by atoms with E-state index >= 15 is 0 Å². The molecule has 2 aliphatic rings.